The van der Waals surface area contributed by atoms with Crippen LogP contribution in [0.5, 0.6) is 0 Å². The molecule has 0 radical (unpaired) electrons. The maximum Gasteiger partial charge on any atom is 0.284 e. The summed E-state index contributed by atoms with van der Waals surface area (Å²) in [5.41, 5.74) is -0.542. The third-order valence-electron chi connectivity index (χ3n) is 4.18. The number of halogens is 1. The Morgan fingerprint density at radius 1 is 1.20 bits per heavy atom. The van der Waals surface area contributed by atoms with Gasteiger partial charge in [0, 0.05) is 12.1 Å². The number of hydrogen-bond donors (Lipinski definition) is 1. The van der Waals surface area contributed by atoms with Crippen molar-refractivity contribution in [1.29, 1.82) is 0 Å². The molecule has 4 rings (SSSR count). The maximum atomic E-state index is 13.8. The largest absolute Gasteiger partial charge is 0.322 e. The fourth-order valence-corrected chi connectivity index (χ4v) is 2.77. The molecule has 0 aliphatic carbocycles. The van der Waals surface area contributed by atoms with E-state index in [4.69, 9.17) is 0 Å². The molecule has 0 aliphatic heterocycles. The van der Waals surface area contributed by atoms with Gasteiger partial charge < -0.3 is 5.32 Å². The van der Waals surface area contributed by atoms with Gasteiger partial charge in [0.1, 0.15) is 18.7 Å². The molecule has 0 unspecified atom stereocenters. The van der Waals surface area contributed by atoms with Gasteiger partial charge in [-0.15, -0.1) is 5.10 Å². The minimum atomic E-state index is -0.847. The summed E-state index contributed by atoms with van der Waals surface area (Å²) in [6, 6.07) is 11.7. The van der Waals surface area contributed by atoms with E-state index in [-0.39, 0.29) is 22.5 Å². The van der Waals surface area contributed by atoms with Crippen LogP contribution in [-0.4, -0.2) is 35.4 Å². The van der Waals surface area contributed by atoms with Crippen molar-refractivity contribution >= 4 is 28.4 Å². The molecule has 1 N–H and O–H groups in total. The van der Waals surface area contributed by atoms with E-state index in [2.05, 4.69) is 20.6 Å². The summed E-state index contributed by atoms with van der Waals surface area (Å²) in [5, 5.41) is 20.8. The molecule has 0 bridgehead atoms. The zero-order valence-corrected chi connectivity index (χ0v) is 15.1. The first-order valence-electron chi connectivity index (χ1n) is 8.54. The van der Waals surface area contributed by atoms with Gasteiger partial charge in [-0.25, -0.2) is 9.37 Å². The monoisotopic (exact) mass is 409 g/mol. The molecule has 30 heavy (non-hydrogen) atoms. The first kappa shape index (κ1) is 18.9. The quantitative estimate of drug-likeness (QED) is 0.391. The fraction of sp³-hybridized carbons (Fsp3) is 0.0556. The number of fused-ring (bicyclic) bond motifs is 1. The Bertz CT molecular complexity index is 1330. The molecule has 0 spiro atoms. The second-order valence-corrected chi connectivity index (χ2v) is 6.16. The Morgan fingerprint density at radius 2 is 1.97 bits per heavy atom. The number of nitro benzene ring substituents is 1. The van der Waals surface area contributed by atoms with E-state index in [1.54, 1.807) is 24.3 Å². The minimum Gasteiger partial charge on any atom is -0.322 e. The summed E-state index contributed by atoms with van der Waals surface area (Å²) in [7, 11) is 0. The number of hydrogen-bond acceptors (Lipinski definition) is 7. The summed E-state index contributed by atoms with van der Waals surface area (Å²) in [4.78, 5) is 39.1. The Morgan fingerprint density at radius 3 is 2.70 bits per heavy atom. The second-order valence-electron chi connectivity index (χ2n) is 6.16. The fourth-order valence-electron chi connectivity index (χ4n) is 2.77. The number of non-ortho nitro benzene ring substituents is 1. The van der Waals surface area contributed by atoms with E-state index >= 15 is 0 Å². The summed E-state index contributed by atoms with van der Waals surface area (Å²) in [6.45, 7) is -0.498. The molecule has 0 fully saturated rings. The van der Waals surface area contributed by atoms with Gasteiger partial charge in [0.15, 0.2) is 11.2 Å². The van der Waals surface area contributed by atoms with E-state index in [1.807, 2.05) is 6.07 Å². The number of aromatic nitrogens is 5. The van der Waals surface area contributed by atoms with Crippen LogP contribution in [0.1, 0.15) is 0 Å². The Kier molecular flexibility index (Phi) is 4.72. The zero-order chi connectivity index (χ0) is 21.3. The molecule has 0 atom stereocenters. The summed E-state index contributed by atoms with van der Waals surface area (Å²) < 4.78 is 16.2. The summed E-state index contributed by atoms with van der Waals surface area (Å²) in [6.07, 6.45) is 1.15. The first-order valence-corrected chi connectivity index (χ1v) is 8.54. The Hall–Kier alpha value is -4.48. The number of rotatable bonds is 5. The van der Waals surface area contributed by atoms with Gasteiger partial charge in [-0.05, 0) is 18.2 Å². The smallest absolute Gasteiger partial charge is 0.284 e. The predicted molar refractivity (Wildman–Crippen MR) is 103 cm³/mol. The number of carbonyl (C=O) groups excluding carboxylic acids is 1. The standard InChI is InChI=1S/C18H12FN7O4/c19-13-7-6-12(26(29)30)8-14(13)21-15(27)9-24-10-20-17-16(18(24)28)22-23-25(17)11-4-2-1-3-5-11/h1-8,10H,9H2,(H,21,27). The van der Waals surface area contributed by atoms with Gasteiger partial charge >= 0.3 is 0 Å². The zero-order valence-electron chi connectivity index (χ0n) is 15.1. The van der Waals surface area contributed by atoms with Gasteiger partial charge in [0.2, 0.25) is 5.91 Å². The minimum absolute atomic E-state index is 0.0457. The normalized spacial score (nSPS) is 10.8. The second kappa shape index (κ2) is 7.50. The van der Waals surface area contributed by atoms with Crippen LogP contribution in [0.2, 0.25) is 0 Å². The lowest BCUT2D eigenvalue weighted by molar-refractivity contribution is -0.384. The lowest BCUT2D eigenvalue weighted by Crippen LogP contribution is -2.28. The maximum absolute atomic E-state index is 13.8. The van der Waals surface area contributed by atoms with Crippen LogP contribution in [0.3, 0.4) is 0 Å². The lowest BCUT2D eigenvalue weighted by atomic mass is 10.2. The third-order valence-corrected chi connectivity index (χ3v) is 4.18. The number of nitro groups is 1. The van der Waals surface area contributed by atoms with Gasteiger partial charge in [-0.3, -0.25) is 24.3 Å². The molecule has 0 saturated carbocycles. The van der Waals surface area contributed by atoms with E-state index < -0.39 is 28.8 Å². The number of anilines is 1. The van der Waals surface area contributed by atoms with Crippen molar-refractivity contribution in [3.63, 3.8) is 0 Å². The van der Waals surface area contributed by atoms with Crippen molar-refractivity contribution in [2.75, 3.05) is 5.32 Å². The van der Waals surface area contributed by atoms with Crippen LogP contribution in [0.15, 0.2) is 59.7 Å². The van der Waals surface area contributed by atoms with Crippen LogP contribution in [0.4, 0.5) is 15.8 Å². The summed E-state index contributed by atoms with van der Waals surface area (Å²) >= 11 is 0. The Labute approximate surface area is 166 Å². The van der Waals surface area contributed by atoms with Crippen LogP contribution < -0.4 is 10.9 Å². The topological polar surface area (TPSA) is 138 Å². The molecule has 11 nitrogen and oxygen atoms in total. The van der Waals surface area contributed by atoms with Gasteiger partial charge in [-0.1, -0.05) is 23.4 Å². The number of para-hydroxylation sites is 1. The highest BCUT2D eigenvalue weighted by atomic mass is 19.1. The highest BCUT2D eigenvalue weighted by Gasteiger charge is 2.17. The summed E-state index contributed by atoms with van der Waals surface area (Å²) in [5.74, 6) is -1.62. The molecular formula is C18H12FN7O4. The van der Waals surface area contributed by atoms with E-state index in [0.29, 0.717) is 5.69 Å². The average Bonchev–Trinajstić information content (AvgIpc) is 3.17. The van der Waals surface area contributed by atoms with E-state index in [1.165, 1.54) is 4.68 Å². The first-order chi connectivity index (χ1) is 14.4. The van der Waals surface area contributed by atoms with Crippen molar-refractivity contribution in [2.45, 2.75) is 6.54 Å². The van der Waals surface area contributed by atoms with Gasteiger partial charge in [-0.2, -0.15) is 4.68 Å². The van der Waals surface area contributed by atoms with Gasteiger partial charge in [0.25, 0.3) is 11.2 Å². The van der Waals surface area contributed by atoms with Gasteiger partial charge in [0.05, 0.1) is 16.3 Å². The average molecular weight is 409 g/mol. The predicted octanol–water partition coefficient (Wildman–Crippen LogP) is 1.66. The van der Waals surface area contributed by atoms with Crippen molar-refractivity contribution < 1.29 is 14.1 Å². The molecule has 150 valence electrons. The Balaban J connectivity index is 1.60. The van der Waals surface area contributed by atoms with Crippen LogP contribution in [0, 0.1) is 15.9 Å². The molecule has 12 heteroatoms. The van der Waals surface area contributed by atoms with E-state index in [0.717, 1.165) is 29.1 Å². The molecule has 2 aromatic heterocycles. The molecule has 1 amide bonds. The molecule has 2 aromatic carbocycles. The SMILES string of the molecule is O=C(Cn1cnc2c(nnn2-c2ccccc2)c1=O)Nc1cc([N+](=O)[O-])ccc1F. The van der Waals surface area contributed by atoms with Crippen molar-refractivity contribution in [3.05, 3.63) is 81.1 Å². The number of carbonyl (C=O) groups is 1. The number of nitrogens with one attached hydrogen (secondary N) is 1. The highest BCUT2D eigenvalue weighted by molar-refractivity contribution is 5.91. The highest BCUT2D eigenvalue weighted by Crippen LogP contribution is 2.21. The molecular weight excluding hydrogens is 397 g/mol. The van der Waals surface area contributed by atoms with Crippen LogP contribution in [0.25, 0.3) is 16.9 Å². The number of amides is 1. The molecule has 0 saturated heterocycles. The van der Waals surface area contributed by atoms with Crippen molar-refractivity contribution in [1.82, 2.24) is 24.5 Å². The molecule has 0 aliphatic rings. The van der Waals surface area contributed by atoms with E-state index in [9.17, 15) is 24.1 Å². The molecule has 2 heterocycles. The molecule has 4 aromatic rings. The number of benzene rings is 2. The lowest BCUT2D eigenvalue weighted by Gasteiger charge is -2.08. The van der Waals surface area contributed by atoms with Crippen molar-refractivity contribution in [3.8, 4) is 5.69 Å². The van der Waals surface area contributed by atoms with Crippen LogP contribution in [-0.2, 0) is 11.3 Å². The van der Waals surface area contributed by atoms with Crippen LogP contribution >= 0.6 is 0 Å². The number of nitrogens with zero attached hydrogens (tertiary/aromatic N) is 6. The van der Waals surface area contributed by atoms with Crippen molar-refractivity contribution in [2.24, 2.45) is 0 Å². The third kappa shape index (κ3) is 3.48.